The summed E-state index contributed by atoms with van der Waals surface area (Å²) in [4.78, 5) is 12.7. The van der Waals surface area contributed by atoms with Crippen molar-refractivity contribution in [2.45, 2.75) is 38.6 Å². The van der Waals surface area contributed by atoms with Gasteiger partial charge in [0.1, 0.15) is 5.75 Å². The third-order valence-corrected chi connectivity index (χ3v) is 6.29. The number of nitrogens with zero attached hydrogens (tertiary/aromatic N) is 3. The first-order valence-electron chi connectivity index (χ1n) is 10.4. The van der Waals surface area contributed by atoms with Crippen LogP contribution in [0.2, 0.25) is 0 Å². The summed E-state index contributed by atoms with van der Waals surface area (Å²) in [5.41, 5.74) is 1.31. The van der Waals surface area contributed by atoms with Crippen molar-refractivity contribution >= 4 is 17.3 Å². The van der Waals surface area contributed by atoms with Crippen LogP contribution in [0.4, 0.5) is 0 Å². The Labute approximate surface area is 178 Å². The third kappa shape index (κ3) is 6.44. The van der Waals surface area contributed by atoms with Crippen LogP contribution >= 0.6 is 11.3 Å². The van der Waals surface area contributed by atoms with Crippen LogP contribution in [-0.2, 0) is 6.42 Å². The molecule has 0 spiro atoms. The van der Waals surface area contributed by atoms with Crippen LogP contribution < -0.4 is 15.4 Å². The fourth-order valence-corrected chi connectivity index (χ4v) is 4.52. The number of rotatable bonds is 8. The third-order valence-electron chi connectivity index (χ3n) is 5.32. The molecule has 1 aromatic heterocycles. The molecule has 158 valence electrons. The first-order chi connectivity index (χ1) is 14.2. The van der Waals surface area contributed by atoms with Gasteiger partial charge in [0, 0.05) is 37.6 Å². The number of methoxy groups -OCH3 is 1. The van der Waals surface area contributed by atoms with Gasteiger partial charge < -0.3 is 15.4 Å². The minimum Gasteiger partial charge on any atom is -0.497 e. The monoisotopic (exact) mass is 415 g/mol. The smallest absolute Gasteiger partial charge is 0.191 e. The van der Waals surface area contributed by atoms with Crippen molar-refractivity contribution in [2.75, 3.05) is 40.3 Å². The van der Waals surface area contributed by atoms with E-state index in [1.54, 1.807) is 18.4 Å². The number of aliphatic imine (C=N–C) groups is 1. The van der Waals surface area contributed by atoms with Crippen molar-refractivity contribution in [3.8, 4) is 5.75 Å². The maximum absolute atomic E-state index is 5.33. The van der Waals surface area contributed by atoms with Gasteiger partial charge in [0.25, 0.3) is 0 Å². The lowest BCUT2D eigenvalue weighted by molar-refractivity contribution is 0.164. The molecule has 1 aromatic carbocycles. The number of piperidine rings is 1. The van der Waals surface area contributed by atoms with E-state index < -0.39 is 0 Å². The van der Waals surface area contributed by atoms with Gasteiger partial charge in [0.05, 0.1) is 18.2 Å². The number of hydrogen-bond acceptors (Lipinski definition) is 5. The SMILES string of the molecule is CN=C(NCCc1ncc(C)s1)NCC(c1ccc(OC)cc1)N1CCCCC1. The lowest BCUT2D eigenvalue weighted by atomic mass is 10.0. The largest absolute Gasteiger partial charge is 0.497 e. The molecule has 1 fully saturated rings. The Kier molecular flexibility index (Phi) is 8.31. The molecule has 3 rings (SSSR count). The molecule has 0 bridgehead atoms. The van der Waals surface area contributed by atoms with Gasteiger partial charge >= 0.3 is 0 Å². The normalized spacial score (nSPS) is 16.4. The number of thiazole rings is 1. The highest BCUT2D eigenvalue weighted by atomic mass is 32.1. The molecule has 1 atom stereocenters. The summed E-state index contributed by atoms with van der Waals surface area (Å²) in [6.45, 7) is 6.03. The van der Waals surface area contributed by atoms with Crippen molar-refractivity contribution < 1.29 is 4.74 Å². The Morgan fingerprint density at radius 3 is 2.59 bits per heavy atom. The number of aryl methyl sites for hydroxylation is 1. The molecule has 0 aliphatic carbocycles. The number of ether oxygens (including phenoxy) is 1. The Morgan fingerprint density at radius 1 is 1.21 bits per heavy atom. The number of benzene rings is 1. The van der Waals surface area contributed by atoms with Gasteiger partial charge in [-0.25, -0.2) is 4.98 Å². The first kappa shape index (κ1) is 21.6. The fraction of sp³-hybridized carbons (Fsp3) is 0.545. The predicted octanol–water partition coefficient (Wildman–Crippen LogP) is 3.39. The highest BCUT2D eigenvalue weighted by Gasteiger charge is 2.22. The van der Waals surface area contributed by atoms with Crippen LogP contribution in [-0.4, -0.2) is 56.2 Å². The topological polar surface area (TPSA) is 61.8 Å². The molecule has 0 saturated carbocycles. The maximum Gasteiger partial charge on any atom is 0.191 e. The van der Waals surface area contributed by atoms with Crippen LogP contribution in [0, 0.1) is 6.92 Å². The van der Waals surface area contributed by atoms with E-state index in [-0.39, 0.29) is 0 Å². The molecule has 2 heterocycles. The van der Waals surface area contributed by atoms with Crippen molar-refractivity contribution in [3.63, 3.8) is 0 Å². The van der Waals surface area contributed by atoms with Gasteiger partial charge in [-0.05, 0) is 50.6 Å². The zero-order chi connectivity index (χ0) is 20.5. The van der Waals surface area contributed by atoms with Gasteiger partial charge in [-0.2, -0.15) is 0 Å². The number of nitrogens with one attached hydrogen (secondary N) is 2. The van der Waals surface area contributed by atoms with Crippen molar-refractivity contribution in [1.82, 2.24) is 20.5 Å². The molecule has 2 aromatic rings. The predicted molar refractivity (Wildman–Crippen MR) is 121 cm³/mol. The molecule has 2 N–H and O–H groups in total. The summed E-state index contributed by atoms with van der Waals surface area (Å²) in [5.74, 6) is 1.74. The van der Waals surface area contributed by atoms with E-state index >= 15 is 0 Å². The Bertz CT molecular complexity index is 768. The van der Waals surface area contributed by atoms with Crippen LogP contribution in [0.3, 0.4) is 0 Å². The van der Waals surface area contributed by atoms with E-state index in [9.17, 15) is 0 Å². The fourth-order valence-electron chi connectivity index (χ4n) is 3.73. The van der Waals surface area contributed by atoms with Crippen LogP contribution in [0.15, 0.2) is 35.5 Å². The van der Waals surface area contributed by atoms with E-state index in [2.05, 4.69) is 56.7 Å². The molecule has 0 radical (unpaired) electrons. The Morgan fingerprint density at radius 2 is 1.97 bits per heavy atom. The van der Waals surface area contributed by atoms with Crippen molar-refractivity contribution in [1.29, 1.82) is 0 Å². The van der Waals surface area contributed by atoms with Crippen molar-refractivity contribution in [2.24, 2.45) is 4.99 Å². The molecular weight excluding hydrogens is 382 g/mol. The average molecular weight is 416 g/mol. The average Bonchev–Trinajstić information content (AvgIpc) is 3.18. The minimum absolute atomic E-state index is 0.321. The van der Waals surface area contributed by atoms with Gasteiger partial charge in [-0.1, -0.05) is 18.6 Å². The quantitative estimate of drug-likeness (QED) is 0.511. The molecule has 1 aliphatic heterocycles. The van der Waals surface area contributed by atoms with Gasteiger partial charge in [-0.3, -0.25) is 9.89 Å². The van der Waals surface area contributed by atoms with Gasteiger partial charge in [-0.15, -0.1) is 11.3 Å². The molecule has 7 heteroatoms. The standard InChI is InChI=1S/C22H33N5OS/c1-17-15-25-21(29-17)11-12-24-22(23-2)26-16-20(27-13-5-4-6-14-27)18-7-9-19(28-3)10-8-18/h7-10,15,20H,4-6,11-14,16H2,1-3H3,(H2,23,24,26). The molecule has 29 heavy (non-hydrogen) atoms. The molecule has 0 amide bonds. The molecule has 1 saturated heterocycles. The summed E-state index contributed by atoms with van der Waals surface area (Å²) in [5, 5.41) is 8.12. The Hall–Kier alpha value is -2.12. The summed E-state index contributed by atoms with van der Waals surface area (Å²) in [6.07, 6.45) is 6.72. The minimum atomic E-state index is 0.321. The van der Waals surface area contributed by atoms with Crippen LogP contribution in [0.25, 0.3) is 0 Å². The zero-order valence-electron chi connectivity index (χ0n) is 17.8. The van der Waals surface area contributed by atoms with Gasteiger partial charge in [0.2, 0.25) is 0 Å². The summed E-state index contributed by atoms with van der Waals surface area (Å²) >= 11 is 1.76. The zero-order valence-corrected chi connectivity index (χ0v) is 18.6. The molecular formula is C22H33N5OS. The summed E-state index contributed by atoms with van der Waals surface area (Å²) < 4.78 is 5.33. The summed E-state index contributed by atoms with van der Waals surface area (Å²) in [6, 6.07) is 8.79. The molecule has 1 unspecified atom stereocenters. The van der Waals surface area contributed by atoms with Crippen LogP contribution in [0.1, 0.15) is 40.8 Å². The second kappa shape index (κ2) is 11.2. The molecule has 1 aliphatic rings. The molecule has 6 nitrogen and oxygen atoms in total. The Balaban J connectivity index is 1.58. The van der Waals surface area contributed by atoms with E-state index in [0.717, 1.165) is 49.3 Å². The van der Waals surface area contributed by atoms with E-state index in [0.29, 0.717) is 6.04 Å². The lowest BCUT2D eigenvalue weighted by Crippen LogP contribution is -2.44. The van der Waals surface area contributed by atoms with E-state index in [1.807, 2.05) is 13.2 Å². The number of hydrogen-bond donors (Lipinski definition) is 2. The van der Waals surface area contributed by atoms with E-state index in [4.69, 9.17) is 4.74 Å². The second-order valence-corrected chi connectivity index (χ2v) is 8.70. The van der Waals surface area contributed by atoms with Crippen LogP contribution in [0.5, 0.6) is 5.75 Å². The first-order valence-corrected chi connectivity index (χ1v) is 11.2. The van der Waals surface area contributed by atoms with E-state index in [1.165, 1.54) is 29.7 Å². The number of likely N-dealkylation sites (tertiary alicyclic amines) is 1. The number of guanidine groups is 1. The number of aromatic nitrogens is 1. The lowest BCUT2D eigenvalue weighted by Gasteiger charge is -2.35. The maximum atomic E-state index is 5.33. The highest BCUT2D eigenvalue weighted by molar-refractivity contribution is 7.11. The highest BCUT2D eigenvalue weighted by Crippen LogP contribution is 2.25. The second-order valence-electron chi connectivity index (χ2n) is 7.38. The van der Waals surface area contributed by atoms with Crippen molar-refractivity contribution in [3.05, 3.63) is 45.9 Å². The summed E-state index contributed by atoms with van der Waals surface area (Å²) in [7, 11) is 3.54. The van der Waals surface area contributed by atoms with Gasteiger partial charge in [0.15, 0.2) is 5.96 Å².